The summed E-state index contributed by atoms with van der Waals surface area (Å²) in [6.45, 7) is 3.18. The number of anilines is 1. The number of carbonyl (C=O) groups excluding carboxylic acids is 1. The molecule has 1 aromatic carbocycles. The molecule has 1 fully saturated rings. The topological polar surface area (TPSA) is 67.6 Å². The SMILES string of the molecule is COc1ccc(N)c(C(=O)NC2CCN(C)C(C)C2)c1. The Balaban J connectivity index is 2.05. The minimum atomic E-state index is -0.122. The quantitative estimate of drug-likeness (QED) is 0.821. The molecule has 0 bridgehead atoms. The third-order valence-electron chi connectivity index (χ3n) is 4.05. The van der Waals surface area contributed by atoms with E-state index >= 15 is 0 Å². The molecule has 0 aromatic heterocycles. The fraction of sp³-hybridized carbons (Fsp3) is 0.533. The van der Waals surface area contributed by atoms with Crippen LogP contribution in [0.25, 0.3) is 0 Å². The molecule has 20 heavy (non-hydrogen) atoms. The molecule has 2 unspecified atom stereocenters. The van der Waals surface area contributed by atoms with E-state index in [0.717, 1.165) is 19.4 Å². The fourth-order valence-corrected chi connectivity index (χ4v) is 2.54. The molecule has 3 N–H and O–H groups in total. The molecule has 0 radical (unpaired) electrons. The van der Waals surface area contributed by atoms with E-state index in [9.17, 15) is 4.79 Å². The first-order chi connectivity index (χ1) is 9.51. The predicted octanol–water partition coefficient (Wildman–Crippen LogP) is 1.49. The molecular formula is C15H23N3O2. The van der Waals surface area contributed by atoms with E-state index in [4.69, 9.17) is 10.5 Å². The van der Waals surface area contributed by atoms with Crippen molar-refractivity contribution < 1.29 is 9.53 Å². The van der Waals surface area contributed by atoms with E-state index in [2.05, 4.69) is 24.2 Å². The number of benzene rings is 1. The van der Waals surface area contributed by atoms with E-state index in [0.29, 0.717) is 23.0 Å². The maximum absolute atomic E-state index is 12.3. The monoisotopic (exact) mass is 277 g/mol. The maximum atomic E-state index is 12.3. The number of rotatable bonds is 3. The zero-order valence-electron chi connectivity index (χ0n) is 12.3. The van der Waals surface area contributed by atoms with Crippen molar-refractivity contribution in [3.63, 3.8) is 0 Å². The smallest absolute Gasteiger partial charge is 0.253 e. The van der Waals surface area contributed by atoms with Crippen molar-refractivity contribution in [3.8, 4) is 5.75 Å². The lowest BCUT2D eigenvalue weighted by Gasteiger charge is -2.35. The summed E-state index contributed by atoms with van der Waals surface area (Å²) in [5.41, 5.74) is 6.83. The molecule has 1 heterocycles. The first-order valence-electron chi connectivity index (χ1n) is 6.96. The predicted molar refractivity (Wildman–Crippen MR) is 80.0 cm³/mol. The van der Waals surface area contributed by atoms with E-state index in [-0.39, 0.29) is 11.9 Å². The highest BCUT2D eigenvalue weighted by Crippen LogP contribution is 2.21. The van der Waals surface area contributed by atoms with Crippen molar-refractivity contribution in [1.82, 2.24) is 10.2 Å². The van der Waals surface area contributed by atoms with Crippen molar-refractivity contribution in [1.29, 1.82) is 0 Å². The normalized spacial score (nSPS) is 23.4. The number of nitrogens with one attached hydrogen (secondary N) is 1. The van der Waals surface area contributed by atoms with Gasteiger partial charge in [-0.15, -0.1) is 0 Å². The highest BCUT2D eigenvalue weighted by Gasteiger charge is 2.24. The summed E-state index contributed by atoms with van der Waals surface area (Å²) in [5, 5.41) is 3.08. The van der Waals surface area contributed by atoms with Crippen LogP contribution in [-0.2, 0) is 0 Å². The van der Waals surface area contributed by atoms with E-state index in [1.807, 2.05) is 0 Å². The molecule has 1 aromatic rings. The van der Waals surface area contributed by atoms with Crippen LogP contribution in [0.4, 0.5) is 5.69 Å². The van der Waals surface area contributed by atoms with Crippen molar-refractivity contribution in [2.45, 2.75) is 31.8 Å². The molecule has 0 aliphatic carbocycles. The first kappa shape index (κ1) is 14.7. The summed E-state index contributed by atoms with van der Waals surface area (Å²) in [7, 11) is 3.69. The minimum Gasteiger partial charge on any atom is -0.497 e. The van der Waals surface area contributed by atoms with Crippen molar-refractivity contribution in [3.05, 3.63) is 23.8 Å². The van der Waals surface area contributed by atoms with E-state index in [1.54, 1.807) is 25.3 Å². The molecule has 0 spiro atoms. The van der Waals surface area contributed by atoms with Gasteiger partial charge in [0, 0.05) is 24.3 Å². The molecule has 0 saturated carbocycles. The molecule has 1 saturated heterocycles. The van der Waals surface area contributed by atoms with Gasteiger partial charge in [-0.25, -0.2) is 0 Å². The van der Waals surface area contributed by atoms with Gasteiger partial charge in [-0.1, -0.05) is 0 Å². The molecule has 1 aliphatic rings. The standard InChI is InChI=1S/C15H23N3O2/c1-10-8-11(6-7-18(10)2)17-15(19)13-9-12(20-3)4-5-14(13)16/h4-5,9-11H,6-8,16H2,1-3H3,(H,17,19). The molecule has 5 heteroatoms. The lowest BCUT2D eigenvalue weighted by atomic mass is 9.98. The molecule has 2 rings (SSSR count). The lowest BCUT2D eigenvalue weighted by Crippen LogP contribution is -2.47. The van der Waals surface area contributed by atoms with Crippen LogP contribution in [0.1, 0.15) is 30.1 Å². The van der Waals surface area contributed by atoms with Crippen LogP contribution >= 0.6 is 0 Å². The number of likely N-dealkylation sites (tertiary alicyclic amines) is 1. The average Bonchev–Trinajstić information content (AvgIpc) is 2.43. The van der Waals surface area contributed by atoms with Gasteiger partial charge in [0.1, 0.15) is 5.75 Å². The van der Waals surface area contributed by atoms with Gasteiger partial charge in [-0.3, -0.25) is 4.79 Å². The van der Waals surface area contributed by atoms with Gasteiger partial charge in [-0.2, -0.15) is 0 Å². The third kappa shape index (κ3) is 3.22. The molecule has 1 aliphatic heterocycles. The molecule has 2 atom stereocenters. The van der Waals surface area contributed by atoms with Crippen LogP contribution in [0.15, 0.2) is 18.2 Å². The number of carbonyl (C=O) groups is 1. The Kier molecular flexibility index (Phi) is 4.49. The number of methoxy groups -OCH3 is 1. The van der Waals surface area contributed by atoms with Gasteiger partial charge < -0.3 is 20.7 Å². The highest BCUT2D eigenvalue weighted by atomic mass is 16.5. The van der Waals surface area contributed by atoms with E-state index in [1.165, 1.54) is 0 Å². The van der Waals surface area contributed by atoms with Crippen LogP contribution in [0.3, 0.4) is 0 Å². The Morgan fingerprint density at radius 3 is 2.90 bits per heavy atom. The first-order valence-corrected chi connectivity index (χ1v) is 6.96. The Hall–Kier alpha value is -1.75. The summed E-state index contributed by atoms with van der Waals surface area (Å²) in [4.78, 5) is 14.6. The van der Waals surface area contributed by atoms with Gasteiger partial charge >= 0.3 is 0 Å². The second-order valence-electron chi connectivity index (χ2n) is 5.48. The average molecular weight is 277 g/mol. The number of hydrogen-bond donors (Lipinski definition) is 2. The maximum Gasteiger partial charge on any atom is 0.253 e. The Bertz CT molecular complexity index is 490. The zero-order chi connectivity index (χ0) is 14.7. The number of nitrogen functional groups attached to an aromatic ring is 1. The Morgan fingerprint density at radius 2 is 2.25 bits per heavy atom. The number of piperidine rings is 1. The molecule has 110 valence electrons. The van der Waals surface area contributed by atoms with Crippen LogP contribution < -0.4 is 15.8 Å². The number of hydrogen-bond acceptors (Lipinski definition) is 4. The van der Waals surface area contributed by atoms with Crippen molar-refractivity contribution in [2.24, 2.45) is 0 Å². The summed E-state index contributed by atoms with van der Waals surface area (Å²) in [5.74, 6) is 0.518. The second-order valence-corrected chi connectivity index (χ2v) is 5.48. The minimum absolute atomic E-state index is 0.122. The summed E-state index contributed by atoms with van der Waals surface area (Å²) in [6.07, 6.45) is 1.93. The van der Waals surface area contributed by atoms with Gasteiger partial charge in [0.2, 0.25) is 0 Å². The number of nitrogens with zero attached hydrogens (tertiary/aromatic N) is 1. The van der Waals surface area contributed by atoms with Crippen molar-refractivity contribution in [2.75, 3.05) is 26.4 Å². The zero-order valence-corrected chi connectivity index (χ0v) is 12.3. The number of ether oxygens (including phenoxy) is 1. The second kappa shape index (κ2) is 6.13. The van der Waals surface area contributed by atoms with Gasteiger partial charge in [0.25, 0.3) is 5.91 Å². The van der Waals surface area contributed by atoms with Gasteiger partial charge in [0.05, 0.1) is 12.7 Å². The highest BCUT2D eigenvalue weighted by molar-refractivity contribution is 5.99. The fourth-order valence-electron chi connectivity index (χ4n) is 2.54. The van der Waals surface area contributed by atoms with Gasteiger partial charge in [-0.05, 0) is 45.0 Å². The van der Waals surface area contributed by atoms with Crippen molar-refractivity contribution >= 4 is 11.6 Å². The summed E-state index contributed by atoms with van der Waals surface area (Å²) < 4.78 is 5.14. The van der Waals surface area contributed by atoms with Crippen LogP contribution in [0.2, 0.25) is 0 Å². The Labute approximate surface area is 120 Å². The van der Waals surface area contributed by atoms with Gasteiger partial charge in [0.15, 0.2) is 0 Å². The third-order valence-corrected chi connectivity index (χ3v) is 4.05. The molecular weight excluding hydrogens is 254 g/mol. The molecule has 1 amide bonds. The van der Waals surface area contributed by atoms with Crippen LogP contribution in [0.5, 0.6) is 5.75 Å². The largest absolute Gasteiger partial charge is 0.497 e. The van der Waals surface area contributed by atoms with Crippen LogP contribution in [0, 0.1) is 0 Å². The molecule has 5 nitrogen and oxygen atoms in total. The van der Waals surface area contributed by atoms with E-state index < -0.39 is 0 Å². The summed E-state index contributed by atoms with van der Waals surface area (Å²) in [6, 6.07) is 5.83. The lowest BCUT2D eigenvalue weighted by molar-refractivity contribution is 0.0897. The number of amides is 1. The number of nitrogens with two attached hydrogens (primary N) is 1. The Morgan fingerprint density at radius 1 is 1.50 bits per heavy atom. The van der Waals surface area contributed by atoms with Crippen LogP contribution in [-0.4, -0.2) is 43.6 Å². The summed E-state index contributed by atoms with van der Waals surface area (Å²) >= 11 is 0.